The predicted molar refractivity (Wildman–Crippen MR) is 84.9 cm³/mol. The van der Waals surface area contributed by atoms with E-state index in [9.17, 15) is 8.42 Å². The van der Waals surface area contributed by atoms with Crippen LogP contribution >= 0.6 is 0 Å². The first-order valence-electron chi connectivity index (χ1n) is 7.12. The SMILES string of the molecule is CCCNC(CCS(C)(=O)=O)c1cccc2nccnc12. The van der Waals surface area contributed by atoms with E-state index in [0.29, 0.717) is 6.42 Å². The summed E-state index contributed by atoms with van der Waals surface area (Å²) in [6.07, 6.45) is 6.13. The van der Waals surface area contributed by atoms with Crippen molar-refractivity contribution in [2.75, 3.05) is 18.6 Å². The molecule has 6 heteroatoms. The van der Waals surface area contributed by atoms with E-state index in [1.165, 1.54) is 6.26 Å². The van der Waals surface area contributed by atoms with Crippen molar-refractivity contribution in [3.05, 3.63) is 36.2 Å². The van der Waals surface area contributed by atoms with E-state index in [-0.39, 0.29) is 11.8 Å². The minimum Gasteiger partial charge on any atom is -0.310 e. The molecule has 2 aromatic rings. The Kier molecular flexibility index (Phi) is 5.25. The van der Waals surface area contributed by atoms with Crippen LogP contribution < -0.4 is 5.32 Å². The normalized spacial score (nSPS) is 13.4. The summed E-state index contributed by atoms with van der Waals surface area (Å²) in [5.74, 6) is 0.158. The molecule has 1 unspecified atom stereocenters. The second-order valence-electron chi connectivity index (χ2n) is 5.20. The molecule has 0 amide bonds. The van der Waals surface area contributed by atoms with E-state index in [1.807, 2.05) is 18.2 Å². The van der Waals surface area contributed by atoms with Crippen LogP contribution in [0.5, 0.6) is 0 Å². The van der Waals surface area contributed by atoms with Gasteiger partial charge < -0.3 is 5.32 Å². The van der Waals surface area contributed by atoms with Crippen molar-refractivity contribution in [1.82, 2.24) is 15.3 Å². The van der Waals surface area contributed by atoms with Crippen LogP contribution in [0.1, 0.15) is 31.4 Å². The van der Waals surface area contributed by atoms with Gasteiger partial charge in [0, 0.05) is 24.7 Å². The molecule has 0 spiro atoms. The number of nitrogens with one attached hydrogen (secondary N) is 1. The molecule has 5 nitrogen and oxygen atoms in total. The number of fused-ring (bicyclic) bond motifs is 1. The molecule has 1 atom stereocenters. The summed E-state index contributed by atoms with van der Waals surface area (Å²) < 4.78 is 22.9. The monoisotopic (exact) mass is 307 g/mol. The number of nitrogens with zero attached hydrogens (tertiary/aromatic N) is 2. The van der Waals surface area contributed by atoms with Crippen LogP contribution in [0.4, 0.5) is 0 Å². The van der Waals surface area contributed by atoms with Crippen molar-refractivity contribution >= 4 is 20.9 Å². The van der Waals surface area contributed by atoms with Crippen LogP contribution in [0.2, 0.25) is 0 Å². The highest BCUT2D eigenvalue weighted by Gasteiger charge is 2.17. The lowest BCUT2D eigenvalue weighted by Crippen LogP contribution is -2.25. The maximum Gasteiger partial charge on any atom is 0.147 e. The molecular weight excluding hydrogens is 286 g/mol. The molecule has 0 fully saturated rings. The number of rotatable bonds is 7. The number of para-hydroxylation sites is 1. The minimum atomic E-state index is -2.98. The van der Waals surface area contributed by atoms with Gasteiger partial charge >= 0.3 is 0 Å². The van der Waals surface area contributed by atoms with Crippen molar-refractivity contribution < 1.29 is 8.42 Å². The van der Waals surface area contributed by atoms with E-state index in [1.54, 1.807) is 12.4 Å². The Balaban J connectivity index is 2.33. The summed E-state index contributed by atoms with van der Waals surface area (Å²) in [7, 11) is -2.98. The lowest BCUT2D eigenvalue weighted by atomic mass is 10.0. The number of aromatic nitrogens is 2. The van der Waals surface area contributed by atoms with Gasteiger partial charge in [-0.1, -0.05) is 19.1 Å². The first-order valence-corrected chi connectivity index (χ1v) is 9.18. The van der Waals surface area contributed by atoms with Gasteiger partial charge in [0.05, 0.1) is 16.8 Å². The van der Waals surface area contributed by atoms with Crippen LogP contribution in [-0.4, -0.2) is 36.9 Å². The topological polar surface area (TPSA) is 72.0 Å². The number of benzene rings is 1. The largest absolute Gasteiger partial charge is 0.310 e. The summed E-state index contributed by atoms with van der Waals surface area (Å²) in [5.41, 5.74) is 2.68. The number of sulfone groups is 1. The first-order chi connectivity index (χ1) is 10.0. The molecule has 0 saturated carbocycles. The summed E-state index contributed by atoms with van der Waals surface area (Å²) >= 11 is 0. The predicted octanol–water partition coefficient (Wildman–Crippen LogP) is 2.11. The fourth-order valence-corrected chi connectivity index (χ4v) is 2.98. The van der Waals surface area contributed by atoms with Crippen LogP contribution in [-0.2, 0) is 9.84 Å². The van der Waals surface area contributed by atoms with Gasteiger partial charge in [0.1, 0.15) is 9.84 Å². The smallest absolute Gasteiger partial charge is 0.147 e. The fraction of sp³-hybridized carbons (Fsp3) is 0.467. The van der Waals surface area contributed by atoms with Crippen molar-refractivity contribution in [3.8, 4) is 0 Å². The van der Waals surface area contributed by atoms with Crippen LogP contribution in [0.15, 0.2) is 30.6 Å². The van der Waals surface area contributed by atoms with Gasteiger partial charge in [-0.05, 0) is 31.0 Å². The van der Waals surface area contributed by atoms with Gasteiger partial charge in [-0.3, -0.25) is 9.97 Å². The quantitative estimate of drug-likeness (QED) is 0.848. The van der Waals surface area contributed by atoms with Crippen molar-refractivity contribution in [3.63, 3.8) is 0 Å². The Morgan fingerprint density at radius 1 is 1.24 bits per heavy atom. The highest BCUT2D eigenvalue weighted by Crippen LogP contribution is 2.24. The van der Waals surface area contributed by atoms with E-state index < -0.39 is 9.84 Å². The van der Waals surface area contributed by atoms with Gasteiger partial charge in [0.2, 0.25) is 0 Å². The summed E-state index contributed by atoms with van der Waals surface area (Å²) in [5, 5.41) is 3.42. The zero-order valence-electron chi connectivity index (χ0n) is 12.4. The van der Waals surface area contributed by atoms with Crippen LogP contribution in [0.25, 0.3) is 11.0 Å². The zero-order chi connectivity index (χ0) is 15.3. The minimum absolute atomic E-state index is 0.0277. The van der Waals surface area contributed by atoms with Crippen molar-refractivity contribution in [1.29, 1.82) is 0 Å². The Morgan fingerprint density at radius 3 is 2.71 bits per heavy atom. The van der Waals surface area contributed by atoms with Gasteiger partial charge in [-0.2, -0.15) is 0 Å². The highest BCUT2D eigenvalue weighted by molar-refractivity contribution is 7.90. The van der Waals surface area contributed by atoms with Gasteiger partial charge in [-0.15, -0.1) is 0 Å². The lowest BCUT2D eigenvalue weighted by Gasteiger charge is -2.19. The number of hydrogen-bond acceptors (Lipinski definition) is 5. The molecule has 0 aliphatic carbocycles. The van der Waals surface area contributed by atoms with E-state index in [0.717, 1.165) is 29.6 Å². The van der Waals surface area contributed by atoms with E-state index in [2.05, 4.69) is 22.2 Å². The molecule has 2 rings (SSSR count). The molecule has 1 aromatic heterocycles. The third kappa shape index (κ3) is 4.47. The molecule has 1 N–H and O–H groups in total. The average molecular weight is 307 g/mol. The van der Waals surface area contributed by atoms with Gasteiger partial charge in [0.25, 0.3) is 0 Å². The molecule has 1 heterocycles. The molecule has 0 saturated heterocycles. The molecular formula is C15H21N3O2S. The third-order valence-electron chi connectivity index (χ3n) is 3.32. The Hall–Kier alpha value is -1.53. The Morgan fingerprint density at radius 2 is 2.00 bits per heavy atom. The van der Waals surface area contributed by atoms with Crippen LogP contribution in [0.3, 0.4) is 0 Å². The third-order valence-corrected chi connectivity index (χ3v) is 4.30. The Labute approximate surface area is 125 Å². The van der Waals surface area contributed by atoms with E-state index >= 15 is 0 Å². The maximum absolute atomic E-state index is 11.4. The second-order valence-corrected chi connectivity index (χ2v) is 7.46. The maximum atomic E-state index is 11.4. The summed E-state index contributed by atoms with van der Waals surface area (Å²) in [4.78, 5) is 8.71. The fourth-order valence-electron chi connectivity index (χ4n) is 2.31. The Bertz CT molecular complexity index is 696. The first kappa shape index (κ1) is 15.9. The standard InChI is InChI=1S/C15H21N3O2S/c1-3-8-16-13(7-11-21(2,19)20)12-5-4-6-14-15(12)18-10-9-17-14/h4-6,9-10,13,16H,3,7-8,11H2,1-2H3. The highest BCUT2D eigenvalue weighted by atomic mass is 32.2. The zero-order valence-corrected chi connectivity index (χ0v) is 13.2. The average Bonchev–Trinajstić information content (AvgIpc) is 2.46. The van der Waals surface area contributed by atoms with E-state index in [4.69, 9.17) is 0 Å². The summed E-state index contributed by atoms with van der Waals surface area (Å²) in [6.45, 7) is 2.93. The molecule has 0 aliphatic heterocycles. The van der Waals surface area contributed by atoms with Crippen molar-refractivity contribution in [2.24, 2.45) is 0 Å². The molecule has 0 aliphatic rings. The molecule has 21 heavy (non-hydrogen) atoms. The lowest BCUT2D eigenvalue weighted by molar-refractivity contribution is 0.515. The summed E-state index contributed by atoms with van der Waals surface area (Å²) in [6, 6.07) is 5.82. The van der Waals surface area contributed by atoms with Gasteiger partial charge in [-0.25, -0.2) is 8.42 Å². The van der Waals surface area contributed by atoms with Gasteiger partial charge in [0.15, 0.2) is 0 Å². The number of hydrogen-bond donors (Lipinski definition) is 1. The van der Waals surface area contributed by atoms with Crippen LogP contribution in [0, 0.1) is 0 Å². The molecule has 114 valence electrons. The van der Waals surface area contributed by atoms with Crippen molar-refractivity contribution in [2.45, 2.75) is 25.8 Å². The molecule has 1 aromatic carbocycles. The molecule has 0 radical (unpaired) electrons. The second kappa shape index (κ2) is 6.95. The molecule has 0 bridgehead atoms.